The Balaban J connectivity index is 1.63. The van der Waals surface area contributed by atoms with E-state index < -0.39 is 0 Å². The van der Waals surface area contributed by atoms with Crippen LogP contribution in [0.5, 0.6) is 0 Å². The van der Waals surface area contributed by atoms with Crippen molar-refractivity contribution < 1.29 is 0 Å². The van der Waals surface area contributed by atoms with Gasteiger partial charge in [0.05, 0.1) is 15.7 Å². The third-order valence-electron chi connectivity index (χ3n) is 3.91. The van der Waals surface area contributed by atoms with Gasteiger partial charge in [-0.25, -0.2) is 0 Å². The van der Waals surface area contributed by atoms with Crippen LogP contribution in [-0.4, -0.2) is 28.1 Å². The first-order valence-electron chi connectivity index (χ1n) is 7.27. The molecule has 1 saturated heterocycles. The van der Waals surface area contributed by atoms with Gasteiger partial charge in [0.25, 0.3) is 0 Å². The Morgan fingerprint density at radius 3 is 3.05 bits per heavy atom. The van der Waals surface area contributed by atoms with E-state index in [-0.39, 0.29) is 0 Å². The molecule has 0 spiro atoms. The normalized spacial score (nSPS) is 18.9. The molecule has 1 aromatic carbocycles. The van der Waals surface area contributed by atoms with Crippen molar-refractivity contribution in [3.05, 3.63) is 45.7 Å². The summed E-state index contributed by atoms with van der Waals surface area (Å²) in [5.41, 5.74) is 2.12. The summed E-state index contributed by atoms with van der Waals surface area (Å²) < 4.78 is 1.89. The highest BCUT2D eigenvalue weighted by molar-refractivity contribution is 6.42. The van der Waals surface area contributed by atoms with Crippen LogP contribution in [0.3, 0.4) is 0 Å². The van der Waals surface area contributed by atoms with Crippen molar-refractivity contribution in [2.24, 2.45) is 0 Å². The van der Waals surface area contributed by atoms with E-state index in [1.807, 2.05) is 16.8 Å². The Hall–Kier alpha value is -1.10. The summed E-state index contributed by atoms with van der Waals surface area (Å²) in [5, 5.41) is 13.2. The molecule has 1 atom stereocenters. The van der Waals surface area contributed by atoms with E-state index in [2.05, 4.69) is 21.8 Å². The zero-order chi connectivity index (χ0) is 14.7. The van der Waals surface area contributed by atoms with E-state index in [4.69, 9.17) is 23.2 Å². The molecule has 0 bridgehead atoms. The maximum Gasteiger partial charge on any atom is 0.0870 e. The number of nitrogens with zero attached hydrogens (tertiary/aromatic N) is 3. The second kappa shape index (κ2) is 6.77. The van der Waals surface area contributed by atoms with Gasteiger partial charge in [-0.1, -0.05) is 40.5 Å². The molecule has 2 heterocycles. The van der Waals surface area contributed by atoms with Crippen LogP contribution in [0.15, 0.2) is 24.4 Å². The predicted octanol–water partition coefficient (Wildman–Crippen LogP) is 3.29. The molecule has 1 aliphatic heterocycles. The van der Waals surface area contributed by atoms with Gasteiger partial charge in [0.15, 0.2) is 0 Å². The van der Waals surface area contributed by atoms with E-state index in [0.717, 1.165) is 37.3 Å². The van der Waals surface area contributed by atoms with Crippen LogP contribution in [0.1, 0.15) is 30.0 Å². The number of nitrogens with one attached hydrogen (secondary N) is 1. The predicted molar refractivity (Wildman–Crippen MR) is 85.0 cm³/mol. The van der Waals surface area contributed by atoms with E-state index in [9.17, 15) is 0 Å². The van der Waals surface area contributed by atoms with Gasteiger partial charge in [-0.3, -0.25) is 4.68 Å². The van der Waals surface area contributed by atoms with Crippen molar-refractivity contribution in [3.8, 4) is 0 Å². The minimum Gasteiger partial charge on any atom is -0.316 e. The van der Waals surface area contributed by atoms with Crippen LogP contribution in [0.4, 0.5) is 0 Å². The number of rotatable bonds is 4. The molecular formula is C15H18Cl2N4. The molecule has 112 valence electrons. The summed E-state index contributed by atoms with van der Waals surface area (Å²) in [6.07, 6.45) is 5.24. The van der Waals surface area contributed by atoms with Crippen molar-refractivity contribution in [1.82, 2.24) is 20.3 Å². The Bertz CT molecular complexity index is 605. The monoisotopic (exact) mass is 324 g/mol. The molecule has 4 nitrogen and oxygen atoms in total. The van der Waals surface area contributed by atoms with Crippen molar-refractivity contribution in [1.29, 1.82) is 0 Å². The lowest BCUT2D eigenvalue weighted by Gasteiger charge is -2.20. The Kier molecular flexibility index (Phi) is 4.78. The van der Waals surface area contributed by atoms with Crippen molar-refractivity contribution in [2.45, 2.75) is 31.7 Å². The van der Waals surface area contributed by atoms with E-state index in [0.29, 0.717) is 16.0 Å². The molecular weight excluding hydrogens is 307 g/mol. The van der Waals surface area contributed by atoms with Crippen molar-refractivity contribution >= 4 is 23.2 Å². The second-order valence-corrected chi connectivity index (χ2v) is 6.20. The number of aromatic nitrogens is 3. The smallest absolute Gasteiger partial charge is 0.0870 e. The summed E-state index contributed by atoms with van der Waals surface area (Å²) in [6, 6.07) is 5.72. The maximum absolute atomic E-state index is 6.20. The Labute approximate surface area is 134 Å². The lowest BCUT2D eigenvalue weighted by molar-refractivity contribution is 0.454. The molecule has 6 heteroatoms. The first-order valence-corrected chi connectivity index (χ1v) is 8.03. The molecule has 1 fully saturated rings. The molecule has 1 aromatic heterocycles. The van der Waals surface area contributed by atoms with Gasteiger partial charge in [0, 0.05) is 25.2 Å². The SMILES string of the molecule is Clc1cccc(CCn2cc(C3CCCNC3)nn2)c1Cl. The highest BCUT2D eigenvalue weighted by Crippen LogP contribution is 2.26. The van der Waals surface area contributed by atoms with Crippen LogP contribution in [0, 0.1) is 0 Å². The number of benzene rings is 1. The van der Waals surface area contributed by atoms with Crippen molar-refractivity contribution in [2.75, 3.05) is 13.1 Å². The standard InChI is InChI=1S/C15H18Cl2N4/c16-13-5-1-3-11(15(13)17)6-8-21-10-14(19-20-21)12-4-2-7-18-9-12/h1,3,5,10,12,18H,2,4,6-9H2. The number of hydrogen-bond donors (Lipinski definition) is 1. The van der Waals surface area contributed by atoms with Gasteiger partial charge in [-0.15, -0.1) is 5.10 Å². The summed E-state index contributed by atoms with van der Waals surface area (Å²) in [7, 11) is 0. The molecule has 0 amide bonds. The molecule has 1 N–H and O–H groups in total. The summed E-state index contributed by atoms with van der Waals surface area (Å²) in [5.74, 6) is 0.488. The van der Waals surface area contributed by atoms with Crippen molar-refractivity contribution in [3.63, 3.8) is 0 Å². The van der Waals surface area contributed by atoms with Gasteiger partial charge in [0.1, 0.15) is 0 Å². The van der Waals surface area contributed by atoms with Crippen LogP contribution < -0.4 is 5.32 Å². The quantitative estimate of drug-likeness (QED) is 0.938. The average Bonchev–Trinajstić information content (AvgIpc) is 2.99. The van der Waals surface area contributed by atoms with Gasteiger partial charge in [0.2, 0.25) is 0 Å². The minimum atomic E-state index is 0.488. The number of halogens is 2. The molecule has 0 radical (unpaired) electrons. The maximum atomic E-state index is 6.20. The zero-order valence-corrected chi connectivity index (χ0v) is 13.2. The Morgan fingerprint density at radius 2 is 2.24 bits per heavy atom. The van der Waals surface area contributed by atoms with E-state index in [1.54, 1.807) is 6.07 Å². The largest absolute Gasteiger partial charge is 0.316 e. The third kappa shape index (κ3) is 3.57. The molecule has 1 aliphatic rings. The summed E-state index contributed by atoms with van der Waals surface area (Å²) in [6.45, 7) is 2.87. The fourth-order valence-electron chi connectivity index (χ4n) is 2.69. The number of hydrogen-bond acceptors (Lipinski definition) is 3. The molecule has 21 heavy (non-hydrogen) atoms. The Morgan fingerprint density at radius 1 is 1.33 bits per heavy atom. The number of aryl methyl sites for hydroxylation is 2. The van der Waals surface area contributed by atoms with Crippen LogP contribution in [0.2, 0.25) is 10.0 Å². The van der Waals surface area contributed by atoms with Crippen LogP contribution in [0.25, 0.3) is 0 Å². The van der Waals surface area contributed by atoms with E-state index >= 15 is 0 Å². The molecule has 0 saturated carbocycles. The topological polar surface area (TPSA) is 42.7 Å². The molecule has 1 unspecified atom stereocenters. The van der Waals surface area contributed by atoms with Gasteiger partial charge >= 0.3 is 0 Å². The van der Waals surface area contributed by atoms with Gasteiger partial charge < -0.3 is 5.32 Å². The fourth-order valence-corrected chi connectivity index (χ4v) is 3.11. The minimum absolute atomic E-state index is 0.488. The number of piperidine rings is 1. The highest BCUT2D eigenvalue weighted by atomic mass is 35.5. The first-order chi connectivity index (χ1) is 10.2. The first kappa shape index (κ1) is 14.8. The third-order valence-corrected chi connectivity index (χ3v) is 4.77. The fraction of sp³-hybridized carbons (Fsp3) is 0.467. The summed E-state index contributed by atoms with van der Waals surface area (Å²) in [4.78, 5) is 0. The van der Waals surface area contributed by atoms with E-state index in [1.165, 1.54) is 12.8 Å². The van der Waals surface area contributed by atoms with Gasteiger partial charge in [-0.2, -0.15) is 0 Å². The second-order valence-electron chi connectivity index (χ2n) is 5.41. The average molecular weight is 325 g/mol. The summed E-state index contributed by atoms with van der Waals surface area (Å²) >= 11 is 12.2. The van der Waals surface area contributed by atoms with Gasteiger partial charge in [-0.05, 0) is 37.4 Å². The lowest BCUT2D eigenvalue weighted by atomic mass is 9.97. The molecule has 3 rings (SSSR count). The van der Waals surface area contributed by atoms with Crippen LogP contribution in [-0.2, 0) is 13.0 Å². The van der Waals surface area contributed by atoms with Crippen LogP contribution >= 0.6 is 23.2 Å². The molecule has 2 aromatic rings. The highest BCUT2D eigenvalue weighted by Gasteiger charge is 2.18. The zero-order valence-electron chi connectivity index (χ0n) is 11.7. The molecule has 0 aliphatic carbocycles. The lowest BCUT2D eigenvalue weighted by Crippen LogP contribution is -2.28.